The van der Waals surface area contributed by atoms with E-state index in [1.54, 1.807) is 26.4 Å². The second kappa shape index (κ2) is 12.6. The van der Waals surface area contributed by atoms with Crippen molar-refractivity contribution in [1.29, 1.82) is 0 Å². The van der Waals surface area contributed by atoms with Crippen LogP contribution in [-0.4, -0.2) is 50.1 Å². The van der Waals surface area contributed by atoms with E-state index in [0.29, 0.717) is 27.4 Å². The molecule has 6 rings (SSSR count). The Hall–Kier alpha value is -4.14. The molecule has 0 fully saturated rings. The molecule has 0 spiro atoms. The largest absolute Gasteiger partial charge is 0.496 e. The first kappa shape index (κ1) is 30.3. The molecule has 0 aliphatic carbocycles. The first-order valence-corrected chi connectivity index (χ1v) is 14.5. The average molecular weight is 679 g/mol. The summed E-state index contributed by atoms with van der Waals surface area (Å²) in [5.74, 6) is 7.60. The number of H-pyrrole nitrogens is 2. The van der Waals surface area contributed by atoms with E-state index in [2.05, 4.69) is 58.1 Å². The number of ether oxygens (including phenoxy) is 2. The van der Waals surface area contributed by atoms with Gasteiger partial charge in [0.05, 0.1) is 31.1 Å². The van der Waals surface area contributed by atoms with E-state index in [-0.39, 0.29) is 0 Å². The molecule has 0 radical (unpaired) electrons. The van der Waals surface area contributed by atoms with Gasteiger partial charge < -0.3 is 15.2 Å². The summed E-state index contributed by atoms with van der Waals surface area (Å²) in [5, 5.41) is 17.0. The van der Waals surface area contributed by atoms with Crippen LogP contribution in [0, 0.1) is 11.8 Å². The molecule has 218 valence electrons. The molecule has 0 unspecified atom stereocenters. The van der Waals surface area contributed by atoms with Gasteiger partial charge in [0.1, 0.15) is 21.8 Å². The topological polar surface area (TPSA) is 128 Å². The van der Waals surface area contributed by atoms with Gasteiger partial charge in [-0.3, -0.25) is 10.2 Å². The van der Waals surface area contributed by atoms with Gasteiger partial charge in [-0.25, -0.2) is 9.97 Å². The lowest BCUT2D eigenvalue weighted by Gasteiger charge is -2.09. The number of aromatic amines is 2. The van der Waals surface area contributed by atoms with Crippen LogP contribution in [-0.2, 0) is 0 Å². The highest BCUT2D eigenvalue weighted by atomic mass is 79.9. The zero-order valence-electron chi connectivity index (χ0n) is 23.6. The SMILES string of the molecule is COc1ccc(Br)cc1-c1[nH]nc2nc(Cl)ccc12.COc1ccc(C#CC(C)(C)N)cc1-c1[nH]nc2nc(Cl)ccc12. The van der Waals surface area contributed by atoms with Crippen LogP contribution in [0.25, 0.3) is 44.6 Å². The number of nitrogens with one attached hydrogen (secondary N) is 2. The zero-order valence-corrected chi connectivity index (χ0v) is 26.7. The fourth-order valence-electron chi connectivity index (χ4n) is 4.25. The number of fused-ring (bicyclic) bond motifs is 2. The molecular weight excluding hydrogens is 653 g/mol. The predicted octanol–water partition coefficient (Wildman–Crippen LogP) is 7.43. The third kappa shape index (κ3) is 6.92. The van der Waals surface area contributed by atoms with Crippen molar-refractivity contribution in [2.75, 3.05) is 14.2 Å². The number of rotatable bonds is 4. The highest BCUT2D eigenvalue weighted by molar-refractivity contribution is 9.10. The van der Waals surface area contributed by atoms with E-state index >= 15 is 0 Å². The van der Waals surface area contributed by atoms with Crippen LogP contribution in [0.4, 0.5) is 0 Å². The minimum atomic E-state index is -0.554. The fourth-order valence-corrected chi connectivity index (χ4v) is 4.90. The van der Waals surface area contributed by atoms with Crippen LogP contribution in [0.1, 0.15) is 19.4 Å². The number of hydrogen-bond acceptors (Lipinski definition) is 7. The third-order valence-electron chi connectivity index (χ3n) is 6.20. The standard InChI is InChI=1S/C18H17ClN4O.C13H9BrClN3O/c1-18(2,20)9-8-11-4-6-14(24-3)13(10-11)16-12-5-7-15(19)21-17(12)23-22-16;1-19-10-4-2-7(14)6-9(10)12-8-3-5-11(15)16-13(8)18-17-12/h4-7,10H,20H2,1-3H3,(H,21,22,23);2-6H,1H3,(H,16,17,18). The summed E-state index contributed by atoms with van der Waals surface area (Å²) < 4.78 is 11.8. The van der Waals surface area contributed by atoms with Gasteiger partial charge in [0.15, 0.2) is 11.3 Å². The van der Waals surface area contributed by atoms with Crippen molar-refractivity contribution in [3.63, 3.8) is 0 Å². The minimum Gasteiger partial charge on any atom is -0.496 e. The zero-order chi connectivity index (χ0) is 30.7. The first-order valence-electron chi connectivity index (χ1n) is 12.9. The van der Waals surface area contributed by atoms with Crippen molar-refractivity contribution in [3.8, 4) is 45.9 Å². The van der Waals surface area contributed by atoms with E-state index in [1.807, 2.05) is 62.4 Å². The van der Waals surface area contributed by atoms with E-state index < -0.39 is 5.54 Å². The molecule has 12 heteroatoms. The molecular formula is C31H26BrCl2N7O2. The molecule has 0 aliphatic rings. The van der Waals surface area contributed by atoms with E-state index in [1.165, 1.54) is 0 Å². The number of pyridine rings is 2. The summed E-state index contributed by atoms with van der Waals surface area (Å²) >= 11 is 15.2. The van der Waals surface area contributed by atoms with Gasteiger partial charge in [-0.15, -0.1) is 0 Å². The van der Waals surface area contributed by atoms with Crippen molar-refractivity contribution in [2.45, 2.75) is 19.4 Å². The van der Waals surface area contributed by atoms with Crippen LogP contribution >= 0.6 is 39.1 Å². The number of nitrogens with two attached hydrogens (primary N) is 1. The average Bonchev–Trinajstić information content (AvgIpc) is 3.59. The number of nitrogens with zero attached hydrogens (tertiary/aromatic N) is 4. The van der Waals surface area contributed by atoms with E-state index in [0.717, 1.165) is 49.1 Å². The monoisotopic (exact) mass is 677 g/mol. The van der Waals surface area contributed by atoms with Gasteiger partial charge in [-0.1, -0.05) is 51.0 Å². The molecule has 4 aromatic heterocycles. The predicted molar refractivity (Wildman–Crippen MR) is 175 cm³/mol. The van der Waals surface area contributed by atoms with Crippen molar-refractivity contribution >= 4 is 61.2 Å². The smallest absolute Gasteiger partial charge is 0.182 e. The van der Waals surface area contributed by atoms with Crippen LogP contribution in [0.5, 0.6) is 11.5 Å². The first-order chi connectivity index (χ1) is 20.6. The summed E-state index contributed by atoms with van der Waals surface area (Å²) in [5.41, 5.74) is 10.8. The van der Waals surface area contributed by atoms with Crippen molar-refractivity contribution in [1.82, 2.24) is 30.4 Å². The van der Waals surface area contributed by atoms with Crippen molar-refractivity contribution < 1.29 is 9.47 Å². The van der Waals surface area contributed by atoms with E-state index in [9.17, 15) is 0 Å². The maximum atomic E-state index is 5.93. The molecule has 6 aromatic rings. The Morgan fingerprint density at radius 2 is 1.28 bits per heavy atom. The van der Waals surface area contributed by atoms with Gasteiger partial charge in [0, 0.05) is 31.9 Å². The van der Waals surface area contributed by atoms with Gasteiger partial charge in [-0.05, 0) is 74.5 Å². The Morgan fingerprint density at radius 3 is 1.79 bits per heavy atom. The quantitative estimate of drug-likeness (QED) is 0.131. The summed E-state index contributed by atoms with van der Waals surface area (Å²) in [6, 6.07) is 18.8. The highest BCUT2D eigenvalue weighted by Crippen LogP contribution is 2.36. The van der Waals surface area contributed by atoms with Crippen molar-refractivity contribution in [3.05, 3.63) is 81.0 Å². The Bertz CT molecular complexity index is 2010. The summed E-state index contributed by atoms with van der Waals surface area (Å²) in [4.78, 5) is 8.38. The van der Waals surface area contributed by atoms with Crippen LogP contribution in [0.15, 0.2) is 65.1 Å². The summed E-state index contributed by atoms with van der Waals surface area (Å²) in [6.45, 7) is 3.73. The molecule has 4 heterocycles. The van der Waals surface area contributed by atoms with Gasteiger partial charge >= 0.3 is 0 Å². The Labute approximate surface area is 266 Å². The van der Waals surface area contributed by atoms with Gasteiger partial charge in [0.2, 0.25) is 0 Å². The van der Waals surface area contributed by atoms with Gasteiger partial charge in [-0.2, -0.15) is 10.2 Å². The Morgan fingerprint density at radius 1 is 0.767 bits per heavy atom. The molecule has 0 bridgehead atoms. The number of hydrogen-bond donors (Lipinski definition) is 3. The lowest BCUT2D eigenvalue weighted by molar-refractivity contribution is 0.416. The number of aromatic nitrogens is 6. The molecule has 0 saturated carbocycles. The second-order valence-electron chi connectivity index (χ2n) is 9.94. The normalized spacial score (nSPS) is 11.1. The molecule has 0 saturated heterocycles. The molecule has 43 heavy (non-hydrogen) atoms. The number of benzene rings is 2. The van der Waals surface area contributed by atoms with Crippen LogP contribution < -0.4 is 15.2 Å². The molecule has 9 nitrogen and oxygen atoms in total. The summed E-state index contributed by atoms with van der Waals surface area (Å²) in [7, 11) is 3.27. The minimum absolute atomic E-state index is 0.400. The highest BCUT2D eigenvalue weighted by Gasteiger charge is 2.15. The fraction of sp³-hybridized carbons (Fsp3) is 0.161. The lowest BCUT2D eigenvalue weighted by Crippen LogP contribution is -2.29. The third-order valence-corrected chi connectivity index (χ3v) is 7.11. The molecule has 0 amide bonds. The molecule has 4 N–H and O–H groups in total. The second-order valence-corrected chi connectivity index (χ2v) is 11.6. The molecule has 2 aromatic carbocycles. The summed E-state index contributed by atoms with van der Waals surface area (Å²) in [6.07, 6.45) is 0. The van der Waals surface area contributed by atoms with E-state index in [4.69, 9.17) is 38.4 Å². The molecule has 0 atom stereocenters. The number of halogens is 3. The van der Waals surface area contributed by atoms with Crippen molar-refractivity contribution in [2.24, 2.45) is 5.73 Å². The maximum Gasteiger partial charge on any atom is 0.182 e. The van der Waals surface area contributed by atoms with Gasteiger partial charge in [0.25, 0.3) is 0 Å². The van der Waals surface area contributed by atoms with Crippen LogP contribution in [0.2, 0.25) is 10.3 Å². The Kier molecular flexibility index (Phi) is 8.89. The van der Waals surface area contributed by atoms with Crippen LogP contribution in [0.3, 0.4) is 0 Å². The lowest BCUT2D eigenvalue weighted by atomic mass is 10.0. The Balaban J connectivity index is 0.000000176. The maximum absolute atomic E-state index is 5.93. The molecule has 0 aliphatic heterocycles. The number of methoxy groups -OCH3 is 2.